The molecule has 0 unspecified atom stereocenters. The molecular formula is C17H15ClN2O2S. The molecule has 3 aromatic rings. The minimum Gasteiger partial charge on any atom is -0.464 e. The fraction of sp³-hybridized carbons (Fsp3) is 0.176. The van der Waals surface area contributed by atoms with Crippen molar-refractivity contribution >= 4 is 28.8 Å². The van der Waals surface area contributed by atoms with Crippen molar-refractivity contribution in [2.45, 2.75) is 13.5 Å². The molecule has 0 saturated heterocycles. The molecule has 23 heavy (non-hydrogen) atoms. The van der Waals surface area contributed by atoms with Crippen LogP contribution in [0.25, 0.3) is 10.6 Å². The van der Waals surface area contributed by atoms with E-state index in [1.807, 2.05) is 43.3 Å². The van der Waals surface area contributed by atoms with Crippen molar-refractivity contribution in [3.05, 3.63) is 64.0 Å². The van der Waals surface area contributed by atoms with Gasteiger partial charge in [-0.15, -0.1) is 11.3 Å². The highest BCUT2D eigenvalue weighted by molar-refractivity contribution is 7.13. The van der Waals surface area contributed by atoms with Crippen LogP contribution in [0.15, 0.2) is 46.2 Å². The Hall–Kier alpha value is -2.11. The number of halogens is 1. The van der Waals surface area contributed by atoms with Gasteiger partial charge in [0.15, 0.2) is 0 Å². The van der Waals surface area contributed by atoms with Crippen molar-refractivity contribution in [1.29, 1.82) is 0 Å². The maximum Gasteiger partial charge on any atom is 0.273 e. The molecule has 0 bridgehead atoms. The first-order chi connectivity index (χ1) is 11.0. The van der Waals surface area contributed by atoms with E-state index in [-0.39, 0.29) is 5.91 Å². The van der Waals surface area contributed by atoms with E-state index in [0.29, 0.717) is 17.3 Å². The van der Waals surface area contributed by atoms with E-state index in [2.05, 4.69) is 4.98 Å². The summed E-state index contributed by atoms with van der Waals surface area (Å²) >= 11 is 7.33. The molecule has 2 heterocycles. The molecule has 3 rings (SSSR count). The Morgan fingerprint density at radius 1 is 1.26 bits per heavy atom. The quantitative estimate of drug-likeness (QED) is 0.691. The lowest BCUT2D eigenvalue weighted by Crippen LogP contribution is -2.26. The van der Waals surface area contributed by atoms with Gasteiger partial charge in [-0.2, -0.15) is 0 Å². The summed E-state index contributed by atoms with van der Waals surface area (Å²) in [7, 11) is 1.74. The zero-order valence-corrected chi connectivity index (χ0v) is 14.3. The van der Waals surface area contributed by atoms with Gasteiger partial charge in [0.2, 0.25) is 0 Å². The van der Waals surface area contributed by atoms with Gasteiger partial charge >= 0.3 is 0 Å². The summed E-state index contributed by atoms with van der Waals surface area (Å²) < 4.78 is 5.50. The number of hydrogen-bond acceptors (Lipinski definition) is 4. The first-order valence-electron chi connectivity index (χ1n) is 7.05. The van der Waals surface area contributed by atoms with E-state index in [9.17, 15) is 4.79 Å². The molecule has 0 N–H and O–H groups in total. The van der Waals surface area contributed by atoms with Gasteiger partial charge in [-0.25, -0.2) is 4.98 Å². The number of aromatic nitrogens is 1. The molecule has 1 amide bonds. The topological polar surface area (TPSA) is 46.3 Å². The summed E-state index contributed by atoms with van der Waals surface area (Å²) in [6.45, 7) is 2.30. The van der Waals surface area contributed by atoms with Gasteiger partial charge in [0.25, 0.3) is 5.91 Å². The van der Waals surface area contributed by atoms with Crippen LogP contribution in [0.5, 0.6) is 0 Å². The van der Waals surface area contributed by atoms with Crippen molar-refractivity contribution in [3.63, 3.8) is 0 Å². The summed E-state index contributed by atoms with van der Waals surface area (Å²) in [5.41, 5.74) is 1.38. The molecule has 0 saturated carbocycles. The van der Waals surface area contributed by atoms with Crippen LogP contribution in [0.2, 0.25) is 5.02 Å². The third kappa shape index (κ3) is 3.63. The molecule has 6 heteroatoms. The molecule has 2 aromatic heterocycles. The van der Waals surface area contributed by atoms with Crippen LogP contribution in [0, 0.1) is 6.92 Å². The van der Waals surface area contributed by atoms with E-state index >= 15 is 0 Å². The number of nitrogens with zero attached hydrogens (tertiary/aromatic N) is 2. The highest BCUT2D eigenvalue weighted by Gasteiger charge is 2.17. The van der Waals surface area contributed by atoms with Crippen LogP contribution in [-0.4, -0.2) is 22.8 Å². The van der Waals surface area contributed by atoms with Crippen LogP contribution in [0.3, 0.4) is 0 Å². The van der Waals surface area contributed by atoms with Gasteiger partial charge in [-0.1, -0.05) is 23.7 Å². The molecule has 0 aliphatic heterocycles. The second kappa shape index (κ2) is 6.56. The summed E-state index contributed by atoms with van der Waals surface area (Å²) in [5, 5.41) is 3.25. The lowest BCUT2D eigenvalue weighted by Gasteiger charge is -2.13. The average Bonchev–Trinajstić information content (AvgIpc) is 3.16. The molecule has 0 spiro atoms. The Balaban J connectivity index is 1.74. The number of thiazole rings is 1. The standard InChI is InChI=1S/C17H15ClN2O2S/c1-11-3-8-14(22-11)9-20(2)17(21)15-10-23-16(19-15)12-4-6-13(18)7-5-12/h3-8,10H,9H2,1-2H3. The SMILES string of the molecule is Cc1ccc(CN(C)C(=O)c2csc(-c3ccc(Cl)cc3)n2)o1. The summed E-state index contributed by atoms with van der Waals surface area (Å²) in [6, 6.07) is 11.2. The fourth-order valence-corrected chi connectivity index (χ4v) is 3.09. The molecule has 118 valence electrons. The minimum atomic E-state index is -0.129. The maximum atomic E-state index is 12.5. The van der Waals surface area contributed by atoms with E-state index in [0.717, 1.165) is 22.1 Å². The molecule has 0 aliphatic carbocycles. The number of aryl methyl sites for hydroxylation is 1. The molecular weight excluding hydrogens is 332 g/mol. The van der Waals surface area contributed by atoms with Gasteiger partial charge in [-0.3, -0.25) is 4.79 Å². The number of carbonyl (C=O) groups is 1. The first kappa shape index (κ1) is 15.8. The average molecular weight is 347 g/mol. The van der Waals surface area contributed by atoms with E-state index < -0.39 is 0 Å². The van der Waals surface area contributed by atoms with E-state index in [4.69, 9.17) is 16.0 Å². The lowest BCUT2D eigenvalue weighted by atomic mass is 10.2. The fourth-order valence-electron chi connectivity index (χ4n) is 2.17. The highest BCUT2D eigenvalue weighted by atomic mass is 35.5. The predicted octanol–water partition coefficient (Wildman–Crippen LogP) is 4.64. The number of furan rings is 1. The number of carbonyl (C=O) groups excluding carboxylic acids is 1. The summed E-state index contributed by atoms with van der Waals surface area (Å²) in [6.07, 6.45) is 0. The monoisotopic (exact) mass is 346 g/mol. The smallest absolute Gasteiger partial charge is 0.273 e. The molecule has 4 nitrogen and oxygen atoms in total. The zero-order chi connectivity index (χ0) is 16.4. The third-order valence-electron chi connectivity index (χ3n) is 3.35. The van der Waals surface area contributed by atoms with Gasteiger partial charge in [0.05, 0.1) is 6.54 Å². The van der Waals surface area contributed by atoms with Gasteiger partial charge < -0.3 is 9.32 Å². The number of rotatable bonds is 4. The lowest BCUT2D eigenvalue weighted by molar-refractivity contribution is 0.0770. The van der Waals surface area contributed by atoms with Crippen LogP contribution in [0.4, 0.5) is 0 Å². The van der Waals surface area contributed by atoms with Crippen LogP contribution in [-0.2, 0) is 6.54 Å². The normalized spacial score (nSPS) is 10.7. The van der Waals surface area contributed by atoms with Crippen LogP contribution >= 0.6 is 22.9 Å². The van der Waals surface area contributed by atoms with Crippen molar-refractivity contribution in [1.82, 2.24) is 9.88 Å². The zero-order valence-electron chi connectivity index (χ0n) is 12.7. The van der Waals surface area contributed by atoms with Gasteiger partial charge in [-0.05, 0) is 31.2 Å². The summed E-state index contributed by atoms with van der Waals surface area (Å²) in [4.78, 5) is 18.5. The van der Waals surface area contributed by atoms with Crippen molar-refractivity contribution in [2.75, 3.05) is 7.05 Å². The molecule has 1 aromatic carbocycles. The Labute approximate surface area is 143 Å². The Morgan fingerprint density at radius 2 is 2.00 bits per heavy atom. The predicted molar refractivity (Wildman–Crippen MR) is 91.8 cm³/mol. The number of benzene rings is 1. The van der Waals surface area contributed by atoms with Crippen molar-refractivity contribution in [3.8, 4) is 10.6 Å². The van der Waals surface area contributed by atoms with Crippen LogP contribution < -0.4 is 0 Å². The Morgan fingerprint density at radius 3 is 2.65 bits per heavy atom. The van der Waals surface area contributed by atoms with E-state index in [1.54, 1.807) is 17.3 Å². The molecule has 0 fully saturated rings. The maximum absolute atomic E-state index is 12.5. The minimum absolute atomic E-state index is 0.129. The second-order valence-corrected chi connectivity index (χ2v) is 6.51. The first-order valence-corrected chi connectivity index (χ1v) is 8.31. The molecule has 0 atom stereocenters. The van der Waals surface area contributed by atoms with Crippen molar-refractivity contribution < 1.29 is 9.21 Å². The molecule has 0 aliphatic rings. The Bertz CT molecular complexity index is 823. The van der Waals surface area contributed by atoms with Crippen molar-refractivity contribution in [2.24, 2.45) is 0 Å². The third-order valence-corrected chi connectivity index (χ3v) is 4.49. The largest absolute Gasteiger partial charge is 0.464 e. The van der Waals surface area contributed by atoms with Gasteiger partial charge in [0.1, 0.15) is 22.2 Å². The number of hydrogen-bond donors (Lipinski definition) is 0. The summed E-state index contributed by atoms with van der Waals surface area (Å²) in [5.74, 6) is 1.46. The van der Waals surface area contributed by atoms with E-state index in [1.165, 1.54) is 11.3 Å². The molecule has 0 radical (unpaired) electrons. The van der Waals surface area contributed by atoms with Gasteiger partial charge in [0, 0.05) is 23.0 Å². The Kier molecular flexibility index (Phi) is 4.50. The van der Waals surface area contributed by atoms with Crippen LogP contribution in [0.1, 0.15) is 22.0 Å². The highest BCUT2D eigenvalue weighted by Crippen LogP contribution is 2.25. The number of amides is 1. The second-order valence-electron chi connectivity index (χ2n) is 5.22.